The molecule has 128 valence electrons. The zero-order valence-corrected chi connectivity index (χ0v) is 16.5. The van der Waals surface area contributed by atoms with Gasteiger partial charge in [-0.2, -0.15) is 5.10 Å². The second-order valence-electron chi connectivity index (χ2n) is 5.36. The van der Waals surface area contributed by atoms with Crippen molar-refractivity contribution in [2.75, 3.05) is 0 Å². The number of hydrogen-bond donors (Lipinski definition) is 2. The molecule has 7 heteroatoms. The summed E-state index contributed by atoms with van der Waals surface area (Å²) in [6, 6.07) is 13.3. The van der Waals surface area contributed by atoms with E-state index in [0.29, 0.717) is 5.75 Å². The summed E-state index contributed by atoms with van der Waals surface area (Å²) in [5.41, 5.74) is 4.39. The molecule has 2 aromatic carbocycles. The number of benzene rings is 2. The molecule has 0 aliphatic carbocycles. The molecular weight excluding hydrogens is 450 g/mol. The molecule has 0 fully saturated rings. The molecule has 0 aliphatic rings. The molecule has 0 radical (unpaired) electrons. The van der Waals surface area contributed by atoms with E-state index in [9.17, 15) is 4.79 Å². The lowest BCUT2D eigenvalue weighted by molar-refractivity contribution is -0.127. The van der Waals surface area contributed by atoms with E-state index < -0.39 is 6.10 Å². The molecule has 5 nitrogen and oxygen atoms in total. The summed E-state index contributed by atoms with van der Waals surface area (Å²) < 4.78 is 7.41. The van der Waals surface area contributed by atoms with Gasteiger partial charge in [0.15, 0.2) is 6.10 Å². The number of hydrazone groups is 1. The van der Waals surface area contributed by atoms with E-state index in [1.165, 1.54) is 0 Å². The number of aromatic nitrogens is 1. The maximum Gasteiger partial charge on any atom is 0.280 e. The number of hydrogen-bond acceptors (Lipinski definition) is 3. The van der Waals surface area contributed by atoms with Crippen LogP contribution in [0.3, 0.4) is 0 Å². The molecular formula is C18H15Br2N3O2. The van der Waals surface area contributed by atoms with Crippen LogP contribution in [0, 0.1) is 0 Å². The molecule has 3 aromatic rings. The Morgan fingerprint density at radius 1 is 1.28 bits per heavy atom. The van der Waals surface area contributed by atoms with Crippen LogP contribution in [-0.2, 0) is 4.79 Å². The maximum atomic E-state index is 12.1. The molecule has 0 spiro atoms. The molecule has 0 saturated carbocycles. The number of rotatable bonds is 5. The van der Waals surface area contributed by atoms with Crippen molar-refractivity contribution >= 4 is 54.9 Å². The zero-order valence-electron chi connectivity index (χ0n) is 13.3. The second-order valence-corrected chi connectivity index (χ2v) is 7.13. The Hall–Kier alpha value is -2.12. The van der Waals surface area contributed by atoms with E-state index in [2.05, 4.69) is 47.4 Å². The van der Waals surface area contributed by atoms with Crippen molar-refractivity contribution in [3.8, 4) is 5.75 Å². The van der Waals surface area contributed by atoms with Crippen LogP contribution in [0.15, 0.2) is 62.7 Å². The minimum Gasteiger partial charge on any atom is -0.480 e. The van der Waals surface area contributed by atoms with E-state index in [1.807, 2.05) is 42.6 Å². The summed E-state index contributed by atoms with van der Waals surface area (Å²) in [5, 5.41) is 5.05. The third-order valence-electron chi connectivity index (χ3n) is 3.56. The van der Waals surface area contributed by atoms with E-state index >= 15 is 0 Å². The van der Waals surface area contributed by atoms with Gasteiger partial charge in [0.25, 0.3) is 5.91 Å². The Morgan fingerprint density at radius 3 is 2.88 bits per heavy atom. The van der Waals surface area contributed by atoms with Gasteiger partial charge in [-0.15, -0.1) is 0 Å². The van der Waals surface area contributed by atoms with Crippen LogP contribution in [0.4, 0.5) is 0 Å². The van der Waals surface area contributed by atoms with E-state index in [1.54, 1.807) is 19.2 Å². The van der Waals surface area contributed by atoms with Crippen LogP contribution >= 0.6 is 31.9 Å². The summed E-state index contributed by atoms with van der Waals surface area (Å²) in [6.45, 7) is 1.67. The Labute approximate surface area is 161 Å². The van der Waals surface area contributed by atoms with Gasteiger partial charge < -0.3 is 9.72 Å². The Bertz CT molecular complexity index is 937. The second kappa shape index (κ2) is 7.84. The largest absolute Gasteiger partial charge is 0.480 e. The van der Waals surface area contributed by atoms with Crippen molar-refractivity contribution in [1.82, 2.24) is 10.4 Å². The number of aromatic amines is 1. The van der Waals surface area contributed by atoms with Crippen LogP contribution in [0.1, 0.15) is 12.5 Å². The lowest BCUT2D eigenvalue weighted by Gasteiger charge is -2.13. The number of amides is 1. The number of carbonyl (C=O) groups is 1. The molecule has 0 aliphatic heterocycles. The average molecular weight is 465 g/mol. The summed E-state index contributed by atoms with van der Waals surface area (Å²) >= 11 is 6.84. The number of fused-ring (bicyclic) bond motifs is 1. The van der Waals surface area contributed by atoms with Gasteiger partial charge >= 0.3 is 0 Å². The first kappa shape index (κ1) is 17.7. The van der Waals surface area contributed by atoms with Crippen molar-refractivity contribution in [3.05, 3.63) is 63.2 Å². The summed E-state index contributed by atoms with van der Waals surface area (Å²) in [6.07, 6.45) is 2.77. The zero-order chi connectivity index (χ0) is 17.8. The van der Waals surface area contributed by atoms with Gasteiger partial charge in [0.1, 0.15) is 5.75 Å². The first-order valence-corrected chi connectivity index (χ1v) is 9.14. The fraction of sp³-hybridized carbons (Fsp3) is 0.111. The fourth-order valence-corrected chi connectivity index (χ4v) is 3.00. The number of ether oxygens (including phenoxy) is 1. The Kier molecular flexibility index (Phi) is 5.55. The van der Waals surface area contributed by atoms with Crippen molar-refractivity contribution in [1.29, 1.82) is 0 Å². The normalized spacial score (nSPS) is 12.4. The highest BCUT2D eigenvalue weighted by Crippen LogP contribution is 2.25. The van der Waals surface area contributed by atoms with Gasteiger partial charge in [-0.05, 0) is 53.2 Å². The monoisotopic (exact) mass is 463 g/mol. The molecule has 1 aromatic heterocycles. The highest BCUT2D eigenvalue weighted by Gasteiger charge is 2.15. The SMILES string of the molecule is C[C@@H](Oc1ccccc1Br)C(=O)N/N=C\c1c[nH]c2ccc(Br)cc12. The lowest BCUT2D eigenvalue weighted by Crippen LogP contribution is -2.33. The minimum atomic E-state index is -0.673. The first-order valence-electron chi connectivity index (χ1n) is 7.55. The van der Waals surface area contributed by atoms with Gasteiger partial charge in [-0.25, -0.2) is 5.43 Å². The van der Waals surface area contributed by atoms with Crippen LogP contribution < -0.4 is 10.2 Å². The quantitative estimate of drug-likeness (QED) is 0.427. The standard InChI is InChI=1S/C18H15Br2N3O2/c1-11(25-17-5-3-2-4-15(17)20)18(24)23-22-10-12-9-21-16-7-6-13(19)8-14(12)16/h2-11,21H,1H3,(H,23,24)/b22-10-/t11-/m1/s1. The number of carbonyl (C=O) groups excluding carboxylic acids is 1. The van der Waals surface area contributed by atoms with E-state index in [4.69, 9.17) is 4.74 Å². The van der Waals surface area contributed by atoms with Crippen molar-refractivity contribution in [2.45, 2.75) is 13.0 Å². The van der Waals surface area contributed by atoms with Crippen LogP contribution in [0.25, 0.3) is 10.9 Å². The van der Waals surface area contributed by atoms with Gasteiger partial charge in [0, 0.05) is 27.1 Å². The highest BCUT2D eigenvalue weighted by molar-refractivity contribution is 9.10. The smallest absolute Gasteiger partial charge is 0.280 e. The number of H-pyrrole nitrogens is 1. The summed E-state index contributed by atoms with van der Waals surface area (Å²) in [7, 11) is 0. The third-order valence-corrected chi connectivity index (χ3v) is 4.71. The average Bonchev–Trinajstić information content (AvgIpc) is 2.99. The first-order chi connectivity index (χ1) is 12.0. The number of nitrogens with zero attached hydrogens (tertiary/aromatic N) is 1. The highest BCUT2D eigenvalue weighted by atomic mass is 79.9. The summed E-state index contributed by atoms with van der Waals surface area (Å²) in [5.74, 6) is 0.281. The predicted molar refractivity (Wildman–Crippen MR) is 106 cm³/mol. The van der Waals surface area contributed by atoms with Gasteiger partial charge in [0.05, 0.1) is 10.7 Å². The Morgan fingerprint density at radius 2 is 2.08 bits per heavy atom. The minimum absolute atomic E-state index is 0.326. The van der Waals surface area contributed by atoms with Gasteiger partial charge in [-0.3, -0.25) is 4.79 Å². The fourth-order valence-electron chi connectivity index (χ4n) is 2.26. The molecule has 1 heterocycles. The molecule has 3 rings (SSSR count). The molecule has 1 atom stereocenters. The predicted octanol–water partition coefficient (Wildman–Crippen LogP) is 4.61. The lowest BCUT2D eigenvalue weighted by atomic mass is 10.2. The summed E-state index contributed by atoms with van der Waals surface area (Å²) in [4.78, 5) is 15.3. The number of halogens is 2. The molecule has 0 unspecified atom stereocenters. The number of nitrogens with one attached hydrogen (secondary N) is 2. The molecule has 0 saturated heterocycles. The Balaban J connectivity index is 1.64. The van der Waals surface area contributed by atoms with Gasteiger partial charge in [-0.1, -0.05) is 28.1 Å². The topological polar surface area (TPSA) is 66.5 Å². The van der Waals surface area contributed by atoms with Crippen LogP contribution in [0.2, 0.25) is 0 Å². The van der Waals surface area contributed by atoms with Crippen molar-refractivity contribution < 1.29 is 9.53 Å². The van der Waals surface area contributed by atoms with Crippen molar-refractivity contribution in [2.24, 2.45) is 5.10 Å². The molecule has 1 amide bonds. The van der Waals surface area contributed by atoms with Crippen LogP contribution in [-0.4, -0.2) is 23.2 Å². The molecule has 25 heavy (non-hydrogen) atoms. The van der Waals surface area contributed by atoms with Crippen molar-refractivity contribution in [3.63, 3.8) is 0 Å². The van der Waals surface area contributed by atoms with Crippen LogP contribution in [0.5, 0.6) is 5.75 Å². The molecule has 0 bridgehead atoms. The van der Waals surface area contributed by atoms with E-state index in [0.717, 1.165) is 25.4 Å². The maximum absolute atomic E-state index is 12.1. The number of para-hydroxylation sites is 1. The molecule has 2 N–H and O–H groups in total. The van der Waals surface area contributed by atoms with Gasteiger partial charge in [0.2, 0.25) is 0 Å². The van der Waals surface area contributed by atoms with E-state index in [-0.39, 0.29) is 5.91 Å². The third kappa shape index (κ3) is 4.29.